The van der Waals surface area contributed by atoms with Crippen molar-refractivity contribution >= 4 is 28.6 Å². The number of benzene rings is 3. The number of carbonyl (C=O) groups is 1. The summed E-state index contributed by atoms with van der Waals surface area (Å²) in [6.45, 7) is 4.23. The number of nitrogens with zero attached hydrogens (tertiary/aromatic N) is 2. The molecule has 0 radical (unpaired) electrons. The fraction of sp³-hybridized carbons (Fsp3) is 0.192. The highest BCUT2D eigenvalue weighted by molar-refractivity contribution is 7.99. The van der Waals surface area contributed by atoms with Gasteiger partial charge in [-0.1, -0.05) is 54.2 Å². The predicted molar refractivity (Wildman–Crippen MR) is 131 cm³/mol. The first-order valence-corrected chi connectivity index (χ1v) is 11.6. The van der Waals surface area contributed by atoms with Crippen LogP contribution >= 0.6 is 11.8 Å². The van der Waals surface area contributed by atoms with E-state index in [0.717, 1.165) is 18.2 Å². The maximum Gasteiger partial charge on any atom is 0.266 e. The molecular formula is C26H24FN3O2S. The Balaban J connectivity index is 1.55. The number of halogens is 1. The van der Waals surface area contributed by atoms with Crippen LogP contribution in [-0.2, 0) is 11.2 Å². The summed E-state index contributed by atoms with van der Waals surface area (Å²) in [6, 6.07) is 19.7. The molecule has 0 saturated carbocycles. The van der Waals surface area contributed by atoms with E-state index in [0.29, 0.717) is 33.9 Å². The Bertz CT molecular complexity index is 1380. The minimum absolute atomic E-state index is 0.0902. The molecule has 5 nitrogen and oxygen atoms in total. The van der Waals surface area contributed by atoms with Crippen molar-refractivity contribution in [2.24, 2.45) is 0 Å². The van der Waals surface area contributed by atoms with Gasteiger partial charge in [-0.15, -0.1) is 0 Å². The van der Waals surface area contributed by atoms with Gasteiger partial charge in [-0.25, -0.2) is 9.37 Å². The van der Waals surface area contributed by atoms with Crippen molar-refractivity contribution in [3.63, 3.8) is 0 Å². The van der Waals surface area contributed by atoms with Gasteiger partial charge >= 0.3 is 0 Å². The van der Waals surface area contributed by atoms with Gasteiger partial charge in [0, 0.05) is 6.54 Å². The summed E-state index contributed by atoms with van der Waals surface area (Å²) in [5.74, 6) is -0.470. The largest absolute Gasteiger partial charge is 0.355 e. The molecule has 4 aromatic rings. The average Bonchev–Trinajstić information content (AvgIpc) is 2.81. The molecular weight excluding hydrogens is 437 g/mol. The SMILES string of the molecule is Cc1ccc(-n2c(SCC(=O)NCCc3ccccc3C)nc3ccccc3c2=O)cc1F. The molecule has 168 valence electrons. The van der Waals surface area contributed by atoms with Crippen LogP contribution in [0.15, 0.2) is 76.7 Å². The molecule has 0 unspecified atom stereocenters. The number of thioether (sulfide) groups is 1. The van der Waals surface area contributed by atoms with Crippen molar-refractivity contribution in [3.8, 4) is 5.69 Å². The van der Waals surface area contributed by atoms with Gasteiger partial charge in [-0.05, 0) is 61.2 Å². The van der Waals surface area contributed by atoms with Gasteiger partial charge in [0.15, 0.2) is 5.16 Å². The van der Waals surface area contributed by atoms with E-state index < -0.39 is 5.82 Å². The first-order valence-electron chi connectivity index (χ1n) is 10.7. The van der Waals surface area contributed by atoms with Crippen LogP contribution in [-0.4, -0.2) is 27.8 Å². The van der Waals surface area contributed by atoms with Crippen molar-refractivity contribution in [2.75, 3.05) is 12.3 Å². The smallest absolute Gasteiger partial charge is 0.266 e. The first kappa shape index (κ1) is 22.7. The fourth-order valence-electron chi connectivity index (χ4n) is 3.57. The molecule has 1 heterocycles. The highest BCUT2D eigenvalue weighted by Gasteiger charge is 2.15. The number of aryl methyl sites for hydroxylation is 2. The molecule has 0 fully saturated rings. The van der Waals surface area contributed by atoms with Gasteiger partial charge in [-0.2, -0.15) is 0 Å². The van der Waals surface area contributed by atoms with Gasteiger partial charge in [-0.3, -0.25) is 14.2 Å². The fourth-order valence-corrected chi connectivity index (χ4v) is 4.41. The van der Waals surface area contributed by atoms with Crippen molar-refractivity contribution < 1.29 is 9.18 Å². The Morgan fingerprint density at radius 2 is 1.79 bits per heavy atom. The molecule has 1 aromatic heterocycles. The molecule has 0 saturated heterocycles. The van der Waals surface area contributed by atoms with E-state index in [1.165, 1.54) is 21.8 Å². The molecule has 0 spiro atoms. The summed E-state index contributed by atoms with van der Waals surface area (Å²) >= 11 is 1.16. The van der Waals surface area contributed by atoms with Gasteiger partial charge < -0.3 is 5.32 Å². The van der Waals surface area contributed by atoms with Gasteiger partial charge in [0.25, 0.3) is 5.56 Å². The lowest BCUT2D eigenvalue weighted by Crippen LogP contribution is -2.28. The number of para-hydroxylation sites is 1. The van der Waals surface area contributed by atoms with E-state index in [4.69, 9.17) is 0 Å². The Morgan fingerprint density at radius 1 is 1.03 bits per heavy atom. The molecule has 1 amide bonds. The lowest BCUT2D eigenvalue weighted by molar-refractivity contribution is -0.118. The van der Waals surface area contributed by atoms with E-state index in [9.17, 15) is 14.0 Å². The normalized spacial score (nSPS) is 11.0. The van der Waals surface area contributed by atoms with Crippen LogP contribution in [0.5, 0.6) is 0 Å². The van der Waals surface area contributed by atoms with Gasteiger partial charge in [0.05, 0.1) is 22.3 Å². The molecule has 0 aliphatic heterocycles. The zero-order valence-corrected chi connectivity index (χ0v) is 19.3. The molecule has 33 heavy (non-hydrogen) atoms. The number of rotatable bonds is 7. The van der Waals surface area contributed by atoms with E-state index >= 15 is 0 Å². The molecule has 0 bridgehead atoms. The second-order valence-electron chi connectivity index (χ2n) is 7.80. The Kier molecular flexibility index (Phi) is 6.89. The second kappa shape index (κ2) is 10.0. The number of aromatic nitrogens is 2. The molecule has 3 aromatic carbocycles. The Hall–Kier alpha value is -3.45. The third-order valence-electron chi connectivity index (χ3n) is 5.47. The minimum Gasteiger partial charge on any atom is -0.355 e. The molecule has 0 aliphatic carbocycles. The van der Waals surface area contributed by atoms with Crippen molar-refractivity contribution in [2.45, 2.75) is 25.4 Å². The summed E-state index contributed by atoms with van der Waals surface area (Å²) in [6.07, 6.45) is 0.741. The van der Waals surface area contributed by atoms with Crippen LogP contribution < -0.4 is 10.9 Å². The van der Waals surface area contributed by atoms with Crippen molar-refractivity contribution in [1.29, 1.82) is 0 Å². The Morgan fingerprint density at radius 3 is 2.58 bits per heavy atom. The highest BCUT2D eigenvalue weighted by Crippen LogP contribution is 2.22. The van der Waals surface area contributed by atoms with E-state index in [2.05, 4.69) is 16.4 Å². The van der Waals surface area contributed by atoms with Crippen LogP contribution in [0.25, 0.3) is 16.6 Å². The predicted octanol–water partition coefficient (Wildman–Crippen LogP) is 4.59. The zero-order valence-electron chi connectivity index (χ0n) is 18.5. The van der Waals surface area contributed by atoms with Crippen LogP contribution in [0.4, 0.5) is 4.39 Å². The highest BCUT2D eigenvalue weighted by atomic mass is 32.2. The molecule has 7 heteroatoms. The van der Waals surface area contributed by atoms with E-state index in [1.54, 1.807) is 43.3 Å². The third kappa shape index (κ3) is 5.14. The topological polar surface area (TPSA) is 64.0 Å². The molecule has 0 aliphatic rings. The van der Waals surface area contributed by atoms with Crippen molar-refractivity contribution in [3.05, 3.63) is 99.6 Å². The Labute approximate surface area is 195 Å². The summed E-state index contributed by atoms with van der Waals surface area (Å²) in [7, 11) is 0. The molecule has 4 rings (SSSR count). The van der Waals surface area contributed by atoms with Gasteiger partial charge in [0.2, 0.25) is 5.91 Å². The average molecular weight is 462 g/mol. The standard InChI is InChI=1S/C26H24FN3O2S/c1-17-7-3-4-8-19(17)13-14-28-24(31)16-33-26-29-23-10-6-5-9-21(23)25(32)30(26)20-12-11-18(2)22(27)15-20/h3-12,15H,13-14,16H2,1-2H3,(H,28,31). The number of hydrogen-bond acceptors (Lipinski definition) is 4. The zero-order chi connectivity index (χ0) is 23.4. The number of nitrogens with one attached hydrogen (secondary N) is 1. The van der Waals surface area contributed by atoms with Crippen LogP contribution in [0.3, 0.4) is 0 Å². The molecule has 0 atom stereocenters. The summed E-state index contributed by atoms with van der Waals surface area (Å²) < 4.78 is 15.6. The lowest BCUT2D eigenvalue weighted by Gasteiger charge is -2.14. The van der Waals surface area contributed by atoms with Crippen LogP contribution in [0.1, 0.15) is 16.7 Å². The number of amides is 1. The maximum absolute atomic E-state index is 14.3. The lowest BCUT2D eigenvalue weighted by atomic mass is 10.1. The number of fused-ring (bicyclic) bond motifs is 1. The second-order valence-corrected chi connectivity index (χ2v) is 8.74. The summed E-state index contributed by atoms with van der Waals surface area (Å²) in [5.41, 5.74) is 3.49. The number of carbonyl (C=O) groups excluding carboxylic acids is 1. The number of hydrogen-bond donors (Lipinski definition) is 1. The summed E-state index contributed by atoms with van der Waals surface area (Å²) in [5, 5.41) is 3.70. The van der Waals surface area contributed by atoms with E-state index in [1.807, 2.05) is 25.1 Å². The quantitative estimate of drug-likeness (QED) is 0.323. The maximum atomic E-state index is 14.3. The van der Waals surface area contributed by atoms with Crippen LogP contribution in [0, 0.1) is 19.7 Å². The summed E-state index contributed by atoms with van der Waals surface area (Å²) in [4.78, 5) is 30.3. The van der Waals surface area contributed by atoms with Crippen molar-refractivity contribution in [1.82, 2.24) is 14.9 Å². The monoisotopic (exact) mass is 461 g/mol. The van der Waals surface area contributed by atoms with E-state index in [-0.39, 0.29) is 17.2 Å². The molecule has 1 N–H and O–H groups in total. The van der Waals surface area contributed by atoms with Gasteiger partial charge in [0.1, 0.15) is 5.82 Å². The van der Waals surface area contributed by atoms with Crippen LogP contribution in [0.2, 0.25) is 0 Å². The third-order valence-corrected chi connectivity index (χ3v) is 6.41. The minimum atomic E-state index is -0.405. The first-order chi connectivity index (χ1) is 15.9.